The number of rotatable bonds is 2. The largest absolute Gasteiger partial charge is 0.465 e. The van der Waals surface area contributed by atoms with Gasteiger partial charge in [0.15, 0.2) is 0 Å². The highest BCUT2D eigenvalue weighted by molar-refractivity contribution is 9.10. The summed E-state index contributed by atoms with van der Waals surface area (Å²) in [5, 5.41) is 0. The Hall–Kier alpha value is -1.34. The molecule has 0 aliphatic carbocycles. The molecule has 0 bridgehead atoms. The zero-order valence-electron chi connectivity index (χ0n) is 8.72. The zero-order valence-corrected chi connectivity index (χ0v) is 10.3. The fraction of sp³-hybridized carbons (Fsp3) is 0.250. The summed E-state index contributed by atoms with van der Waals surface area (Å²) >= 11 is 3.24. The summed E-state index contributed by atoms with van der Waals surface area (Å²) in [6, 6.07) is 4.21. The first-order valence-corrected chi connectivity index (χ1v) is 5.52. The monoisotopic (exact) mass is 284 g/mol. The molecule has 0 unspecified atom stereocenters. The van der Waals surface area contributed by atoms with Crippen LogP contribution in [0.15, 0.2) is 22.7 Å². The predicted molar refractivity (Wildman–Crippen MR) is 62.2 cm³/mol. The van der Waals surface area contributed by atoms with Crippen LogP contribution in [0.25, 0.3) is 0 Å². The minimum absolute atomic E-state index is 0.0107. The molecule has 1 rings (SSSR count). The SMILES string of the molecule is CCOC(=O)CC#Cc1cc(F)ccc1Br. The number of ether oxygens (including phenoxy) is 1. The van der Waals surface area contributed by atoms with Gasteiger partial charge in [0, 0.05) is 10.0 Å². The van der Waals surface area contributed by atoms with Gasteiger partial charge in [0.25, 0.3) is 0 Å². The summed E-state index contributed by atoms with van der Waals surface area (Å²) in [6.45, 7) is 2.07. The van der Waals surface area contributed by atoms with Gasteiger partial charge in [-0.15, -0.1) is 0 Å². The van der Waals surface area contributed by atoms with E-state index in [1.54, 1.807) is 13.0 Å². The van der Waals surface area contributed by atoms with Crippen LogP contribution in [-0.2, 0) is 9.53 Å². The van der Waals surface area contributed by atoms with E-state index in [1.165, 1.54) is 12.1 Å². The van der Waals surface area contributed by atoms with E-state index in [9.17, 15) is 9.18 Å². The minimum atomic E-state index is -0.373. The molecule has 0 saturated carbocycles. The molecule has 0 fully saturated rings. The number of carbonyl (C=O) groups is 1. The molecule has 0 heterocycles. The summed E-state index contributed by atoms with van der Waals surface area (Å²) in [5.41, 5.74) is 0.518. The smallest absolute Gasteiger partial charge is 0.317 e. The average molecular weight is 285 g/mol. The molecule has 0 saturated heterocycles. The van der Waals surface area contributed by atoms with E-state index in [0.29, 0.717) is 16.6 Å². The Bertz CT molecular complexity index is 446. The first kappa shape index (κ1) is 12.7. The molecule has 0 aliphatic heterocycles. The van der Waals surface area contributed by atoms with Crippen molar-refractivity contribution in [2.75, 3.05) is 6.61 Å². The number of esters is 1. The van der Waals surface area contributed by atoms with Crippen molar-refractivity contribution in [3.05, 3.63) is 34.1 Å². The van der Waals surface area contributed by atoms with Crippen molar-refractivity contribution in [3.8, 4) is 11.8 Å². The topological polar surface area (TPSA) is 26.3 Å². The summed E-state index contributed by atoms with van der Waals surface area (Å²) in [5.74, 6) is 4.61. The molecule has 0 aromatic heterocycles. The predicted octanol–water partition coefficient (Wildman–Crippen LogP) is 2.89. The number of hydrogen-bond acceptors (Lipinski definition) is 2. The molecule has 0 aliphatic rings. The minimum Gasteiger partial charge on any atom is -0.465 e. The first-order valence-electron chi connectivity index (χ1n) is 4.73. The molecular formula is C12H10BrFO2. The van der Waals surface area contributed by atoms with Gasteiger partial charge in [-0.1, -0.05) is 11.8 Å². The molecule has 0 radical (unpaired) electrons. The van der Waals surface area contributed by atoms with E-state index in [-0.39, 0.29) is 18.2 Å². The molecule has 0 spiro atoms. The van der Waals surface area contributed by atoms with Crippen molar-refractivity contribution < 1.29 is 13.9 Å². The van der Waals surface area contributed by atoms with Crippen molar-refractivity contribution >= 4 is 21.9 Å². The lowest BCUT2D eigenvalue weighted by Crippen LogP contribution is -2.01. The van der Waals surface area contributed by atoms with Gasteiger partial charge in [0.05, 0.1) is 6.61 Å². The van der Waals surface area contributed by atoms with Crippen molar-refractivity contribution in [2.45, 2.75) is 13.3 Å². The molecular weight excluding hydrogens is 275 g/mol. The van der Waals surface area contributed by atoms with E-state index in [1.807, 2.05) is 0 Å². The highest BCUT2D eigenvalue weighted by Crippen LogP contribution is 2.16. The molecule has 4 heteroatoms. The van der Waals surface area contributed by atoms with E-state index in [0.717, 1.165) is 0 Å². The van der Waals surface area contributed by atoms with Crippen LogP contribution in [0, 0.1) is 17.7 Å². The molecule has 1 aromatic rings. The van der Waals surface area contributed by atoms with Crippen molar-refractivity contribution in [1.29, 1.82) is 0 Å². The summed E-state index contributed by atoms with van der Waals surface area (Å²) < 4.78 is 18.3. The van der Waals surface area contributed by atoms with Crippen LogP contribution >= 0.6 is 15.9 Å². The Labute approximate surface area is 102 Å². The van der Waals surface area contributed by atoms with Gasteiger partial charge in [-0.25, -0.2) is 4.39 Å². The molecule has 1 aromatic carbocycles. The molecule has 0 atom stereocenters. The van der Waals surface area contributed by atoms with Gasteiger partial charge in [-0.05, 0) is 41.1 Å². The third-order valence-electron chi connectivity index (χ3n) is 1.69. The summed E-state index contributed by atoms with van der Waals surface area (Å²) in [7, 11) is 0. The standard InChI is InChI=1S/C12H10BrFO2/c1-2-16-12(15)5-3-4-9-8-10(14)6-7-11(9)13/h6-8H,2,5H2,1H3. The second kappa shape index (κ2) is 6.29. The van der Waals surface area contributed by atoms with Gasteiger partial charge >= 0.3 is 5.97 Å². The number of hydrogen-bond donors (Lipinski definition) is 0. The first-order chi connectivity index (χ1) is 7.63. The van der Waals surface area contributed by atoms with Crippen molar-refractivity contribution in [3.63, 3.8) is 0 Å². The van der Waals surface area contributed by atoms with Gasteiger partial charge in [-0.2, -0.15) is 0 Å². The fourth-order valence-electron chi connectivity index (χ4n) is 1.02. The summed E-state index contributed by atoms with van der Waals surface area (Å²) in [6.07, 6.45) is 0.0107. The van der Waals surface area contributed by atoms with Crippen LogP contribution in [0.2, 0.25) is 0 Å². The Morgan fingerprint density at radius 1 is 1.56 bits per heavy atom. The lowest BCUT2D eigenvalue weighted by molar-refractivity contribution is -0.141. The Kier molecular flexibility index (Phi) is 5.00. The maximum atomic E-state index is 12.9. The maximum absolute atomic E-state index is 12.9. The quantitative estimate of drug-likeness (QED) is 0.617. The highest BCUT2D eigenvalue weighted by Gasteiger charge is 1.99. The van der Waals surface area contributed by atoms with Crippen LogP contribution in [0.4, 0.5) is 4.39 Å². The molecule has 16 heavy (non-hydrogen) atoms. The Morgan fingerprint density at radius 2 is 2.31 bits per heavy atom. The van der Waals surface area contributed by atoms with Gasteiger partial charge in [0.1, 0.15) is 12.2 Å². The van der Waals surface area contributed by atoms with Crippen molar-refractivity contribution in [1.82, 2.24) is 0 Å². The van der Waals surface area contributed by atoms with E-state index >= 15 is 0 Å². The van der Waals surface area contributed by atoms with Gasteiger partial charge < -0.3 is 4.74 Å². The zero-order chi connectivity index (χ0) is 12.0. The fourth-order valence-corrected chi connectivity index (χ4v) is 1.36. The lowest BCUT2D eigenvalue weighted by Gasteiger charge is -1.96. The maximum Gasteiger partial charge on any atom is 0.317 e. The van der Waals surface area contributed by atoms with Crippen LogP contribution in [0.5, 0.6) is 0 Å². The van der Waals surface area contributed by atoms with Crippen LogP contribution in [0.1, 0.15) is 18.9 Å². The van der Waals surface area contributed by atoms with E-state index < -0.39 is 0 Å². The normalized spacial score (nSPS) is 9.19. The molecule has 84 valence electrons. The molecule has 0 amide bonds. The van der Waals surface area contributed by atoms with Crippen LogP contribution < -0.4 is 0 Å². The summed E-state index contributed by atoms with van der Waals surface area (Å²) in [4.78, 5) is 11.0. The second-order valence-corrected chi connectivity index (χ2v) is 3.76. The van der Waals surface area contributed by atoms with Crippen LogP contribution in [0.3, 0.4) is 0 Å². The van der Waals surface area contributed by atoms with E-state index in [2.05, 4.69) is 27.8 Å². The second-order valence-electron chi connectivity index (χ2n) is 2.91. The highest BCUT2D eigenvalue weighted by atomic mass is 79.9. The Morgan fingerprint density at radius 3 is 3.00 bits per heavy atom. The number of benzene rings is 1. The Balaban J connectivity index is 2.69. The number of halogens is 2. The third kappa shape index (κ3) is 4.03. The van der Waals surface area contributed by atoms with Gasteiger partial charge in [0.2, 0.25) is 0 Å². The molecule has 0 N–H and O–H groups in total. The van der Waals surface area contributed by atoms with Gasteiger partial charge in [-0.3, -0.25) is 4.79 Å². The molecule has 2 nitrogen and oxygen atoms in total. The lowest BCUT2D eigenvalue weighted by atomic mass is 10.2. The average Bonchev–Trinajstić information content (AvgIpc) is 2.23. The third-order valence-corrected chi connectivity index (χ3v) is 2.38. The van der Waals surface area contributed by atoms with Crippen molar-refractivity contribution in [2.24, 2.45) is 0 Å². The van der Waals surface area contributed by atoms with E-state index in [4.69, 9.17) is 4.74 Å². The van der Waals surface area contributed by atoms with Crippen LogP contribution in [-0.4, -0.2) is 12.6 Å². The number of carbonyl (C=O) groups excluding carboxylic acids is 1.